The minimum Gasteiger partial charge on any atom is -0.493 e. The fourth-order valence-corrected chi connectivity index (χ4v) is 4.03. The summed E-state index contributed by atoms with van der Waals surface area (Å²) in [6.45, 7) is 6.98. The third kappa shape index (κ3) is 6.08. The molecule has 0 saturated heterocycles. The number of fused-ring (bicyclic) bond motifs is 1. The summed E-state index contributed by atoms with van der Waals surface area (Å²) in [6.07, 6.45) is 1.77. The van der Waals surface area contributed by atoms with Crippen molar-refractivity contribution in [1.29, 1.82) is 0 Å². The quantitative estimate of drug-likeness (QED) is 0.210. The molecule has 172 valence electrons. The molecule has 0 N–H and O–H groups in total. The van der Waals surface area contributed by atoms with Crippen LogP contribution in [0.5, 0.6) is 17.2 Å². The highest BCUT2D eigenvalue weighted by Gasteiger charge is 2.42. The standard InChI is InChI=1S/C22H31NO8/c1-6-8-22(3,4)11-16(24)19(21(25)29-7-2)15(12-23(26)27)14-9-17(28-5)20-18(10-14)30-13-31-20/h9-10,15,19H,6-8,11-13H2,1-5H3/t15?,19-/m1/s1. The van der Waals surface area contributed by atoms with Crippen LogP contribution in [0.15, 0.2) is 12.1 Å². The SMILES string of the molecule is CCCC(C)(C)CC(=O)[C@H](C(=O)OCC)C(C[N+](=O)[O-])c1cc(OC)c2c(c1)OCO2. The molecule has 31 heavy (non-hydrogen) atoms. The van der Waals surface area contributed by atoms with E-state index in [1.54, 1.807) is 19.1 Å². The second kappa shape index (κ2) is 10.5. The van der Waals surface area contributed by atoms with Crippen LogP contribution < -0.4 is 14.2 Å². The van der Waals surface area contributed by atoms with E-state index in [0.717, 1.165) is 12.8 Å². The van der Waals surface area contributed by atoms with Crippen LogP contribution in [0.2, 0.25) is 0 Å². The molecule has 1 aromatic rings. The van der Waals surface area contributed by atoms with Crippen LogP contribution in [-0.4, -0.2) is 43.7 Å². The molecule has 1 aliphatic heterocycles. The minimum atomic E-state index is -1.31. The molecule has 1 aliphatic rings. The van der Waals surface area contributed by atoms with Crippen LogP contribution in [0.1, 0.15) is 58.4 Å². The van der Waals surface area contributed by atoms with Crippen molar-refractivity contribution in [1.82, 2.24) is 0 Å². The zero-order valence-electron chi connectivity index (χ0n) is 18.8. The Labute approximate surface area is 182 Å². The second-order valence-electron chi connectivity index (χ2n) is 8.37. The number of esters is 1. The largest absolute Gasteiger partial charge is 0.493 e. The van der Waals surface area contributed by atoms with Gasteiger partial charge in [0.15, 0.2) is 11.5 Å². The first-order valence-corrected chi connectivity index (χ1v) is 10.4. The molecule has 9 heteroatoms. The van der Waals surface area contributed by atoms with Crippen molar-refractivity contribution in [3.63, 3.8) is 0 Å². The summed E-state index contributed by atoms with van der Waals surface area (Å²) in [5.74, 6) is -2.43. The molecule has 1 unspecified atom stereocenters. The Balaban J connectivity index is 2.52. The summed E-state index contributed by atoms with van der Waals surface area (Å²) in [7, 11) is 1.44. The van der Waals surface area contributed by atoms with Crippen molar-refractivity contribution in [2.24, 2.45) is 11.3 Å². The van der Waals surface area contributed by atoms with Crippen LogP contribution in [0, 0.1) is 21.4 Å². The van der Waals surface area contributed by atoms with Gasteiger partial charge in [-0.05, 0) is 36.5 Å². The van der Waals surface area contributed by atoms with Crippen LogP contribution in [0.3, 0.4) is 0 Å². The van der Waals surface area contributed by atoms with Gasteiger partial charge < -0.3 is 18.9 Å². The van der Waals surface area contributed by atoms with Gasteiger partial charge in [-0.1, -0.05) is 27.2 Å². The first-order valence-electron chi connectivity index (χ1n) is 10.4. The zero-order valence-corrected chi connectivity index (χ0v) is 18.8. The van der Waals surface area contributed by atoms with E-state index in [0.29, 0.717) is 22.8 Å². The topological polar surface area (TPSA) is 114 Å². The highest BCUT2D eigenvalue weighted by Crippen LogP contribution is 2.45. The van der Waals surface area contributed by atoms with Gasteiger partial charge in [0.1, 0.15) is 11.7 Å². The predicted octanol–water partition coefficient (Wildman–Crippen LogP) is 3.75. The van der Waals surface area contributed by atoms with Gasteiger partial charge in [-0.3, -0.25) is 19.7 Å². The molecule has 2 rings (SSSR count). The number of nitrogens with zero attached hydrogens (tertiary/aromatic N) is 1. The number of benzene rings is 1. The maximum absolute atomic E-state index is 13.3. The summed E-state index contributed by atoms with van der Waals surface area (Å²) in [6, 6.07) is 3.12. The maximum Gasteiger partial charge on any atom is 0.317 e. The molecule has 0 aromatic heterocycles. The third-order valence-corrected chi connectivity index (χ3v) is 5.32. The average Bonchev–Trinajstić information content (AvgIpc) is 3.14. The third-order valence-electron chi connectivity index (χ3n) is 5.32. The maximum atomic E-state index is 13.3. The van der Waals surface area contributed by atoms with Gasteiger partial charge >= 0.3 is 5.97 Å². The first-order chi connectivity index (χ1) is 14.6. The Morgan fingerprint density at radius 2 is 1.97 bits per heavy atom. The van der Waals surface area contributed by atoms with E-state index >= 15 is 0 Å². The van der Waals surface area contributed by atoms with Crippen LogP contribution in [0.25, 0.3) is 0 Å². The molecule has 1 aromatic carbocycles. The van der Waals surface area contributed by atoms with E-state index in [4.69, 9.17) is 18.9 Å². The summed E-state index contributed by atoms with van der Waals surface area (Å²) < 4.78 is 21.3. The van der Waals surface area contributed by atoms with E-state index in [1.807, 2.05) is 20.8 Å². The molecule has 2 atom stereocenters. The summed E-state index contributed by atoms with van der Waals surface area (Å²) in [5, 5.41) is 11.5. The Kier molecular flexibility index (Phi) is 8.24. The normalized spacial score (nSPS) is 14.6. The summed E-state index contributed by atoms with van der Waals surface area (Å²) >= 11 is 0. The van der Waals surface area contributed by atoms with Crippen LogP contribution >= 0.6 is 0 Å². The number of hydrogen-bond acceptors (Lipinski definition) is 8. The van der Waals surface area contributed by atoms with Crippen LogP contribution in [-0.2, 0) is 14.3 Å². The van der Waals surface area contributed by atoms with Gasteiger partial charge in [-0.2, -0.15) is 0 Å². The second-order valence-corrected chi connectivity index (χ2v) is 8.37. The Morgan fingerprint density at radius 3 is 2.55 bits per heavy atom. The number of ketones is 1. The number of nitro groups is 1. The lowest BCUT2D eigenvalue weighted by Gasteiger charge is -2.28. The highest BCUT2D eigenvalue weighted by molar-refractivity contribution is 6.00. The van der Waals surface area contributed by atoms with E-state index in [2.05, 4.69) is 0 Å². The van der Waals surface area contributed by atoms with Crippen molar-refractivity contribution in [3.8, 4) is 17.2 Å². The zero-order chi connectivity index (χ0) is 23.2. The van der Waals surface area contributed by atoms with Gasteiger partial charge in [0, 0.05) is 11.3 Å². The molecule has 0 spiro atoms. The number of hydrogen-bond donors (Lipinski definition) is 0. The molecule has 0 aliphatic carbocycles. The molecule has 0 amide bonds. The molecule has 0 radical (unpaired) electrons. The first kappa shape index (κ1) is 24.4. The van der Waals surface area contributed by atoms with Gasteiger partial charge in [-0.25, -0.2) is 0 Å². The molecular weight excluding hydrogens is 406 g/mol. The van der Waals surface area contributed by atoms with E-state index in [1.165, 1.54) is 7.11 Å². The molecule has 0 saturated carbocycles. The van der Waals surface area contributed by atoms with E-state index < -0.39 is 29.3 Å². The number of ether oxygens (including phenoxy) is 4. The lowest BCUT2D eigenvalue weighted by atomic mass is 9.75. The summed E-state index contributed by atoms with van der Waals surface area (Å²) in [4.78, 5) is 37.2. The van der Waals surface area contributed by atoms with E-state index in [9.17, 15) is 19.7 Å². The van der Waals surface area contributed by atoms with Gasteiger partial charge in [0.25, 0.3) is 0 Å². The smallest absolute Gasteiger partial charge is 0.317 e. The predicted molar refractivity (Wildman–Crippen MR) is 112 cm³/mol. The van der Waals surface area contributed by atoms with Gasteiger partial charge in [0.2, 0.25) is 19.1 Å². The Bertz CT molecular complexity index is 820. The monoisotopic (exact) mass is 437 g/mol. The number of carbonyl (C=O) groups excluding carboxylic acids is 2. The number of rotatable bonds is 12. The van der Waals surface area contributed by atoms with Crippen LogP contribution in [0.4, 0.5) is 0 Å². The lowest BCUT2D eigenvalue weighted by Crippen LogP contribution is -2.37. The number of Topliss-reactive ketones (excluding diaryl/α,β-unsaturated/α-hetero) is 1. The molecule has 0 fully saturated rings. The van der Waals surface area contributed by atoms with E-state index in [-0.39, 0.29) is 31.0 Å². The Hall–Kier alpha value is -2.84. The lowest BCUT2D eigenvalue weighted by molar-refractivity contribution is -0.484. The van der Waals surface area contributed by atoms with Crippen molar-refractivity contribution in [3.05, 3.63) is 27.8 Å². The molecular formula is C22H31NO8. The minimum absolute atomic E-state index is 0.0134. The molecule has 9 nitrogen and oxygen atoms in total. The van der Waals surface area contributed by atoms with Gasteiger partial charge in [-0.15, -0.1) is 0 Å². The Morgan fingerprint density at radius 1 is 1.26 bits per heavy atom. The fourth-order valence-electron chi connectivity index (χ4n) is 4.03. The fraction of sp³-hybridized carbons (Fsp3) is 0.636. The van der Waals surface area contributed by atoms with Crippen molar-refractivity contribution < 1.29 is 33.5 Å². The van der Waals surface area contributed by atoms with Crippen molar-refractivity contribution in [2.45, 2.75) is 52.9 Å². The molecule has 0 bridgehead atoms. The number of methoxy groups -OCH3 is 1. The molecule has 1 heterocycles. The summed E-state index contributed by atoms with van der Waals surface area (Å²) in [5.41, 5.74) is 0.0417. The average molecular weight is 437 g/mol. The highest BCUT2D eigenvalue weighted by atomic mass is 16.7. The van der Waals surface area contributed by atoms with Gasteiger partial charge in [0.05, 0.1) is 19.6 Å². The number of carbonyl (C=O) groups is 2. The van der Waals surface area contributed by atoms with Crippen molar-refractivity contribution >= 4 is 11.8 Å². The van der Waals surface area contributed by atoms with Crippen molar-refractivity contribution in [2.75, 3.05) is 27.1 Å².